The van der Waals surface area contributed by atoms with Crippen LogP contribution >= 0.6 is 11.6 Å². The van der Waals surface area contributed by atoms with E-state index in [1.807, 2.05) is 36.1 Å². The normalized spacial score (nSPS) is 19.6. The molecule has 0 spiro atoms. The van der Waals surface area contributed by atoms with Crippen LogP contribution in [0.25, 0.3) is 5.69 Å². The lowest BCUT2D eigenvalue weighted by molar-refractivity contribution is 0.0661. The number of benzene rings is 1. The molecular formula is C17H21ClN4O. The van der Waals surface area contributed by atoms with Gasteiger partial charge < -0.3 is 10.6 Å². The van der Waals surface area contributed by atoms with Crippen molar-refractivity contribution in [1.29, 1.82) is 0 Å². The topological polar surface area (TPSA) is 64.2 Å². The standard InChI is InChI=1S/C17H21ClN4O/c1-12(19)13-4-3-7-21(10-13)17(23)14-9-20-22(11-14)16-6-2-5-15(18)8-16/h2,5-6,8-9,11-13H,3-4,7,10,19H2,1H3/t12-,13+/m0/s1. The summed E-state index contributed by atoms with van der Waals surface area (Å²) in [4.78, 5) is 14.6. The van der Waals surface area contributed by atoms with Crippen LogP contribution in [0.3, 0.4) is 0 Å². The van der Waals surface area contributed by atoms with Crippen molar-refractivity contribution in [2.24, 2.45) is 11.7 Å². The van der Waals surface area contributed by atoms with Gasteiger partial charge >= 0.3 is 0 Å². The van der Waals surface area contributed by atoms with Crippen LogP contribution in [-0.2, 0) is 0 Å². The van der Waals surface area contributed by atoms with Crippen molar-refractivity contribution in [2.45, 2.75) is 25.8 Å². The minimum absolute atomic E-state index is 0.0172. The Bertz CT molecular complexity index is 697. The highest BCUT2D eigenvalue weighted by molar-refractivity contribution is 6.30. The van der Waals surface area contributed by atoms with Gasteiger partial charge in [-0.1, -0.05) is 17.7 Å². The molecule has 23 heavy (non-hydrogen) atoms. The molecule has 2 aromatic rings. The molecule has 1 amide bonds. The lowest BCUT2D eigenvalue weighted by Gasteiger charge is -2.34. The van der Waals surface area contributed by atoms with Crippen molar-refractivity contribution in [3.05, 3.63) is 47.2 Å². The second-order valence-corrected chi connectivity index (χ2v) is 6.60. The summed E-state index contributed by atoms with van der Waals surface area (Å²) in [6.45, 7) is 3.51. The molecule has 1 aromatic carbocycles. The predicted octanol–water partition coefficient (Wildman–Crippen LogP) is 2.73. The number of nitrogens with two attached hydrogens (primary N) is 1. The second kappa shape index (κ2) is 6.72. The van der Waals surface area contributed by atoms with Crippen molar-refractivity contribution in [3.8, 4) is 5.69 Å². The molecule has 3 rings (SSSR count). The summed E-state index contributed by atoms with van der Waals surface area (Å²) in [6, 6.07) is 7.50. The van der Waals surface area contributed by atoms with Crippen LogP contribution in [0.1, 0.15) is 30.1 Å². The minimum Gasteiger partial charge on any atom is -0.338 e. The summed E-state index contributed by atoms with van der Waals surface area (Å²) in [5, 5.41) is 4.92. The minimum atomic E-state index is 0.0172. The Hall–Kier alpha value is -1.85. The number of nitrogens with zero attached hydrogens (tertiary/aromatic N) is 3. The Morgan fingerprint density at radius 1 is 1.48 bits per heavy atom. The Labute approximate surface area is 141 Å². The Balaban J connectivity index is 1.76. The van der Waals surface area contributed by atoms with E-state index in [9.17, 15) is 4.79 Å². The SMILES string of the molecule is C[C@H](N)[C@@H]1CCCN(C(=O)c2cnn(-c3cccc(Cl)c3)c2)C1. The second-order valence-electron chi connectivity index (χ2n) is 6.17. The first kappa shape index (κ1) is 16.0. The molecule has 2 atom stereocenters. The Kier molecular flexibility index (Phi) is 4.68. The van der Waals surface area contributed by atoms with Gasteiger partial charge in [-0.05, 0) is 43.9 Å². The molecule has 0 radical (unpaired) electrons. The molecule has 1 aliphatic rings. The molecular weight excluding hydrogens is 312 g/mol. The zero-order valence-corrected chi connectivity index (χ0v) is 13.9. The number of carbonyl (C=O) groups excluding carboxylic acids is 1. The number of hydrogen-bond donors (Lipinski definition) is 1. The highest BCUT2D eigenvalue weighted by Crippen LogP contribution is 2.21. The summed E-state index contributed by atoms with van der Waals surface area (Å²) in [7, 11) is 0. The summed E-state index contributed by atoms with van der Waals surface area (Å²) in [5.41, 5.74) is 7.43. The maximum Gasteiger partial charge on any atom is 0.257 e. The van der Waals surface area contributed by atoms with Crippen LogP contribution in [0, 0.1) is 5.92 Å². The van der Waals surface area contributed by atoms with Gasteiger partial charge in [0.05, 0.1) is 17.4 Å². The van der Waals surface area contributed by atoms with E-state index in [1.54, 1.807) is 17.1 Å². The third-order valence-electron chi connectivity index (χ3n) is 4.39. The molecule has 1 aromatic heterocycles. The molecule has 1 fully saturated rings. The molecule has 2 N–H and O–H groups in total. The lowest BCUT2D eigenvalue weighted by atomic mass is 9.92. The van der Waals surface area contributed by atoms with E-state index in [1.165, 1.54) is 0 Å². The number of hydrogen-bond acceptors (Lipinski definition) is 3. The summed E-state index contributed by atoms with van der Waals surface area (Å²) in [6.07, 6.45) is 5.45. The van der Waals surface area contributed by atoms with Crippen molar-refractivity contribution >= 4 is 17.5 Å². The van der Waals surface area contributed by atoms with E-state index >= 15 is 0 Å². The van der Waals surface area contributed by atoms with Crippen LogP contribution in [0.15, 0.2) is 36.7 Å². The van der Waals surface area contributed by atoms with Crippen LogP contribution in [-0.4, -0.2) is 39.7 Å². The quantitative estimate of drug-likeness (QED) is 0.940. The van der Waals surface area contributed by atoms with Crippen LogP contribution in [0.2, 0.25) is 5.02 Å². The molecule has 2 heterocycles. The third-order valence-corrected chi connectivity index (χ3v) is 4.63. The summed E-state index contributed by atoms with van der Waals surface area (Å²) < 4.78 is 1.67. The molecule has 6 heteroatoms. The van der Waals surface area contributed by atoms with Gasteiger partial charge in [-0.2, -0.15) is 5.10 Å². The number of amides is 1. The largest absolute Gasteiger partial charge is 0.338 e. The molecule has 0 saturated carbocycles. The Morgan fingerprint density at radius 2 is 2.30 bits per heavy atom. The van der Waals surface area contributed by atoms with E-state index in [-0.39, 0.29) is 11.9 Å². The van der Waals surface area contributed by atoms with Gasteiger partial charge in [0, 0.05) is 30.4 Å². The van der Waals surface area contributed by atoms with Crippen molar-refractivity contribution < 1.29 is 4.79 Å². The van der Waals surface area contributed by atoms with E-state index in [0.29, 0.717) is 16.5 Å². The fraction of sp³-hybridized carbons (Fsp3) is 0.412. The molecule has 0 bridgehead atoms. The molecule has 5 nitrogen and oxygen atoms in total. The van der Waals surface area contributed by atoms with Crippen molar-refractivity contribution in [1.82, 2.24) is 14.7 Å². The first-order chi connectivity index (χ1) is 11.0. The first-order valence-electron chi connectivity index (χ1n) is 7.90. The van der Waals surface area contributed by atoms with Crippen LogP contribution < -0.4 is 5.73 Å². The van der Waals surface area contributed by atoms with Crippen LogP contribution in [0.4, 0.5) is 0 Å². The van der Waals surface area contributed by atoms with Gasteiger partial charge in [0.1, 0.15) is 0 Å². The molecule has 1 aliphatic heterocycles. The van der Waals surface area contributed by atoms with E-state index in [2.05, 4.69) is 5.10 Å². The number of carbonyl (C=O) groups is 1. The van der Waals surface area contributed by atoms with Gasteiger partial charge in [-0.3, -0.25) is 4.79 Å². The van der Waals surface area contributed by atoms with Gasteiger partial charge in [0.2, 0.25) is 0 Å². The maximum absolute atomic E-state index is 12.7. The predicted molar refractivity (Wildman–Crippen MR) is 90.9 cm³/mol. The molecule has 1 saturated heterocycles. The first-order valence-corrected chi connectivity index (χ1v) is 8.28. The summed E-state index contributed by atoms with van der Waals surface area (Å²) in [5.74, 6) is 0.388. The number of likely N-dealkylation sites (tertiary alicyclic amines) is 1. The van der Waals surface area contributed by atoms with Gasteiger partial charge in [-0.15, -0.1) is 0 Å². The van der Waals surface area contributed by atoms with E-state index in [0.717, 1.165) is 31.6 Å². The fourth-order valence-electron chi connectivity index (χ4n) is 3.00. The average Bonchev–Trinajstić information content (AvgIpc) is 3.04. The number of halogens is 1. The van der Waals surface area contributed by atoms with Crippen molar-refractivity contribution in [3.63, 3.8) is 0 Å². The smallest absolute Gasteiger partial charge is 0.257 e. The van der Waals surface area contributed by atoms with Gasteiger partial charge in [0.25, 0.3) is 5.91 Å². The van der Waals surface area contributed by atoms with Gasteiger partial charge in [0.15, 0.2) is 0 Å². The van der Waals surface area contributed by atoms with E-state index < -0.39 is 0 Å². The Morgan fingerprint density at radius 3 is 3.04 bits per heavy atom. The van der Waals surface area contributed by atoms with Crippen LogP contribution in [0.5, 0.6) is 0 Å². The zero-order valence-electron chi connectivity index (χ0n) is 13.2. The maximum atomic E-state index is 12.7. The molecule has 0 aliphatic carbocycles. The highest BCUT2D eigenvalue weighted by Gasteiger charge is 2.27. The summed E-state index contributed by atoms with van der Waals surface area (Å²) >= 11 is 6.00. The molecule has 122 valence electrons. The monoisotopic (exact) mass is 332 g/mol. The van der Waals surface area contributed by atoms with E-state index in [4.69, 9.17) is 17.3 Å². The van der Waals surface area contributed by atoms with Crippen molar-refractivity contribution in [2.75, 3.05) is 13.1 Å². The van der Waals surface area contributed by atoms with Gasteiger partial charge in [-0.25, -0.2) is 4.68 Å². The number of aromatic nitrogens is 2. The molecule has 0 unspecified atom stereocenters. The lowest BCUT2D eigenvalue weighted by Crippen LogP contribution is -2.45. The number of rotatable bonds is 3. The average molecular weight is 333 g/mol. The third kappa shape index (κ3) is 3.57. The fourth-order valence-corrected chi connectivity index (χ4v) is 3.18. The zero-order chi connectivity index (χ0) is 16.4. The highest BCUT2D eigenvalue weighted by atomic mass is 35.5. The number of piperidine rings is 1.